The molecule has 0 aromatic carbocycles. The first-order valence-electron chi connectivity index (χ1n) is 8.28. The predicted molar refractivity (Wildman–Crippen MR) is 101 cm³/mol. The maximum Gasteiger partial charge on any atom is 0.329 e. The largest absolute Gasteiger partial charge is 0.467 e. The van der Waals surface area contributed by atoms with Gasteiger partial charge in [0.05, 0.1) is 26.5 Å². The fourth-order valence-electron chi connectivity index (χ4n) is 4.05. The number of carbonyl (C=O) groups excluding carboxylic acids is 1. The van der Waals surface area contributed by atoms with E-state index in [1.165, 1.54) is 6.08 Å². The highest BCUT2D eigenvalue weighted by atomic mass is 29.6. The van der Waals surface area contributed by atoms with E-state index in [0.29, 0.717) is 12.1 Å². The molecule has 22 heavy (non-hydrogen) atoms. The van der Waals surface area contributed by atoms with Crippen LogP contribution in [0, 0.1) is 5.92 Å². The quantitative estimate of drug-likeness (QED) is 0.419. The first kappa shape index (κ1) is 19.9. The zero-order valence-corrected chi connectivity index (χ0v) is 18.7. The standard InChI is InChI=1S/C16H34O3Si3/c1-10-15(17)18-13-22(9)12-16(4,11-14(2)3)19-20(5,6)21(22,7)8/h10,14H,1,11-13H2,2-9H3. The molecule has 1 saturated heterocycles. The molecule has 3 nitrogen and oxygen atoms in total. The molecule has 6 heteroatoms. The summed E-state index contributed by atoms with van der Waals surface area (Å²) in [6, 6.07) is 1.11. The van der Waals surface area contributed by atoms with Crippen molar-refractivity contribution in [1.82, 2.24) is 0 Å². The molecular weight excluding hydrogens is 324 g/mol. The summed E-state index contributed by atoms with van der Waals surface area (Å²) >= 11 is 0. The van der Waals surface area contributed by atoms with Gasteiger partial charge in [0.15, 0.2) is 7.83 Å². The number of carbonyl (C=O) groups is 1. The smallest absolute Gasteiger partial charge is 0.329 e. The van der Waals surface area contributed by atoms with Gasteiger partial charge >= 0.3 is 5.97 Å². The van der Waals surface area contributed by atoms with Gasteiger partial charge in [0.1, 0.15) is 0 Å². The lowest BCUT2D eigenvalue weighted by atomic mass is 9.96. The van der Waals surface area contributed by atoms with Gasteiger partial charge in [0.2, 0.25) is 0 Å². The molecule has 0 radical (unpaired) electrons. The van der Waals surface area contributed by atoms with Gasteiger partial charge in [0, 0.05) is 6.08 Å². The third-order valence-electron chi connectivity index (χ3n) is 5.82. The second-order valence-electron chi connectivity index (χ2n) is 8.83. The summed E-state index contributed by atoms with van der Waals surface area (Å²) in [5.41, 5.74) is -0.0477. The second kappa shape index (κ2) is 6.37. The molecule has 0 saturated carbocycles. The van der Waals surface area contributed by atoms with Crippen molar-refractivity contribution in [3.63, 3.8) is 0 Å². The molecule has 0 aliphatic carbocycles. The third kappa shape index (κ3) is 3.83. The van der Waals surface area contributed by atoms with Crippen molar-refractivity contribution >= 4 is 28.5 Å². The zero-order chi connectivity index (χ0) is 17.4. The molecular formula is C16H34O3Si3. The Kier molecular flexibility index (Phi) is 5.76. The first-order chi connectivity index (χ1) is 9.79. The fraction of sp³-hybridized carbons (Fsp3) is 0.812. The van der Waals surface area contributed by atoms with Crippen LogP contribution in [-0.4, -0.2) is 40.3 Å². The van der Waals surface area contributed by atoms with E-state index >= 15 is 0 Å². The summed E-state index contributed by atoms with van der Waals surface area (Å²) in [6.07, 6.45) is 3.00. The van der Waals surface area contributed by atoms with E-state index in [1.54, 1.807) is 0 Å². The number of esters is 1. The lowest BCUT2D eigenvalue weighted by Crippen LogP contribution is -2.80. The van der Waals surface area contributed by atoms with Gasteiger partial charge in [-0.05, 0) is 38.4 Å². The van der Waals surface area contributed by atoms with E-state index < -0.39 is 22.5 Å². The lowest BCUT2D eigenvalue weighted by molar-refractivity contribution is -0.136. The number of ether oxygens (including phenoxy) is 1. The van der Waals surface area contributed by atoms with Crippen LogP contribution in [0.3, 0.4) is 0 Å². The maximum absolute atomic E-state index is 11.6. The van der Waals surface area contributed by atoms with Gasteiger partial charge in [-0.2, -0.15) is 0 Å². The van der Waals surface area contributed by atoms with Crippen molar-refractivity contribution < 1.29 is 14.0 Å². The van der Waals surface area contributed by atoms with Gasteiger partial charge in [-0.15, -0.1) is 0 Å². The molecule has 1 fully saturated rings. The van der Waals surface area contributed by atoms with Crippen LogP contribution in [0.25, 0.3) is 0 Å². The Labute approximate surface area is 139 Å². The van der Waals surface area contributed by atoms with Gasteiger partial charge in [-0.1, -0.05) is 40.1 Å². The highest BCUT2D eigenvalue weighted by Gasteiger charge is 2.64. The van der Waals surface area contributed by atoms with Gasteiger partial charge < -0.3 is 9.16 Å². The summed E-state index contributed by atoms with van der Waals surface area (Å²) in [5.74, 6) is 0.335. The highest BCUT2D eigenvalue weighted by molar-refractivity contribution is 7.68. The molecule has 0 bridgehead atoms. The van der Waals surface area contributed by atoms with E-state index in [0.717, 1.165) is 12.5 Å². The maximum atomic E-state index is 11.6. The minimum absolute atomic E-state index is 0.0477. The first-order valence-corrected chi connectivity index (χ1v) is 19.1. The lowest BCUT2D eigenvalue weighted by Gasteiger charge is -2.59. The topological polar surface area (TPSA) is 35.5 Å². The molecule has 1 aliphatic rings. The molecule has 128 valence electrons. The summed E-state index contributed by atoms with van der Waals surface area (Å²) in [7, 11) is -5.00. The Balaban J connectivity index is 3.14. The molecule has 0 spiro atoms. The molecule has 0 aromatic heterocycles. The number of rotatable bonds is 5. The van der Waals surface area contributed by atoms with Crippen LogP contribution >= 0.6 is 0 Å². The van der Waals surface area contributed by atoms with Crippen molar-refractivity contribution in [3.8, 4) is 0 Å². The summed E-state index contributed by atoms with van der Waals surface area (Å²) in [5, 5.41) is 0. The zero-order valence-electron chi connectivity index (χ0n) is 15.7. The summed E-state index contributed by atoms with van der Waals surface area (Å²) in [6.45, 7) is 22.5. The molecule has 0 aromatic rings. The van der Waals surface area contributed by atoms with Crippen LogP contribution in [0.1, 0.15) is 27.2 Å². The predicted octanol–water partition coefficient (Wildman–Crippen LogP) is 4.24. The van der Waals surface area contributed by atoms with Crippen molar-refractivity contribution in [2.45, 2.75) is 71.6 Å². The highest BCUT2D eigenvalue weighted by Crippen LogP contribution is 2.46. The van der Waals surface area contributed by atoms with E-state index in [1.807, 2.05) is 0 Å². The average molecular weight is 359 g/mol. The molecule has 0 amide bonds. The molecule has 2 unspecified atom stereocenters. The Morgan fingerprint density at radius 1 is 1.32 bits per heavy atom. The van der Waals surface area contributed by atoms with Crippen molar-refractivity contribution in [3.05, 3.63) is 12.7 Å². The van der Waals surface area contributed by atoms with Crippen LogP contribution in [0.5, 0.6) is 0 Å². The molecule has 1 heterocycles. The van der Waals surface area contributed by atoms with Crippen LogP contribution in [0.15, 0.2) is 12.7 Å². The molecule has 0 N–H and O–H groups in total. The average Bonchev–Trinajstić information content (AvgIpc) is 2.31. The molecule has 1 aliphatic heterocycles. The molecule has 2 atom stereocenters. The van der Waals surface area contributed by atoms with Crippen molar-refractivity contribution in [2.75, 3.05) is 6.23 Å². The van der Waals surface area contributed by atoms with Crippen molar-refractivity contribution in [1.29, 1.82) is 0 Å². The van der Waals surface area contributed by atoms with Crippen LogP contribution in [0.4, 0.5) is 0 Å². The summed E-state index contributed by atoms with van der Waals surface area (Å²) < 4.78 is 12.4. The van der Waals surface area contributed by atoms with Gasteiger partial charge in [-0.3, -0.25) is 0 Å². The van der Waals surface area contributed by atoms with E-state index in [-0.39, 0.29) is 11.6 Å². The Hall–Kier alpha value is -0.179. The normalized spacial score (nSPS) is 33.5. The molecule has 1 rings (SSSR count). The minimum atomic E-state index is -1.75. The second-order valence-corrected chi connectivity index (χ2v) is 35.3. The Morgan fingerprint density at radius 2 is 1.86 bits per heavy atom. The van der Waals surface area contributed by atoms with Gasteiger partial charge in [-0.25, -0.2) is 4.79 Å². The van der Waals surface area contributed by atoms with Crippen LogP contribution < -0.4 is 0 Å². The monoisotopic (exact) mass is 358 g/mol. The van der Waals surface area contributed by atoms with E-state index in [4.69, 9.17) is 9.16 Å². The number of hydrogen-bond acceptors (Lipinski definition) is 3. The van der Waals surface area contributed by atoms with E-state index in [2.05, 4.69) is 60.1 Å². The SMILES string of the molecule is C=CC(=O)OC[Si]1(C)CC(C)(CC(C)C)O[Si](C)(C)[Si]1(C)C. The number of hydrogen-bond donors (Lipinski definition) is 0. The van der Waals surface area contributed by atoms with E-state index in [9.17, 15) is 4.79 Å². The Morgan fingerprint density at radius 3 is 2.32 bits per heavy atom. The van der Waals surface area contributed by atoms with Gasteiger partial charge in [0.25, 0.3) is 0 Å². The van der Waals surface area contributed by atoms with Crippen LogP contribution in [0.2, 0.25) is 38.8 Å². The third-order valence-corrected chi connectivity index (χ3v) is 45.4. The minimum Gasteiger partial charge on any atom is -0.467 e. The van der Waals surface area contributed by atoms with Crippen LogP contribution in [-0.2, 0) is 14.0 Å². The van der Waals surface area contributed by atoms with Crippen molar-refractivity contribution in [2.24, 2.45) is 5.92 Å². The summed E-state index contributed by atoms with van der Waals surface area (Å²) in [4.78, 5) is 11.6. The fourth-order valence-corrected chi connectivity index (χ4v) is 35.1. The Bertz CT molecular complexity index is 448.